The molecule has 0 fully saturated rings. The third kappa shape index (κ3) is 3.26. The fourth-order valence-electron chi connectivity index (χ4n) is 2.18. The van der Waals surface area contributed by atoms with Crippen LogP contribution in [-0.4, -0.2) is 43.8 Å². The molecule has 0 bridgehead atoms. The molecule has 21 heavy (non-hydrogen) atoms. The van der Waals surface area contributed by atoms with Gasteiger partial charge < -0.3 is 9.47 Å². The van der Waals surface area contributed by atoms with Crippen molar-refractivity contribution in [2.75, 3.05) is 19.0 Å². The lowest BCUT2D eigenvalue weighted by Crippen LogP contribution is -2.14. The fraction of sp³-hybridized carbons (Fsp3) is 0.583. The predicted octanol–water partition coefficient (Wildman–Crippen LogP) is 2.06. The quantitative estimate of drug-likeness (QED) is 0.855. The summed E-state index contributed by atoms with van der Waals surface area (Å²) in [6, 6.07) is 0. The zero-order valence-corrected chi connectivity index (χ0v) is 13.5. The molecule has 112 valence electrons. The predicted molar refractivity (Wildman–Crippen MR) is 80.9 cm³/mol. The summed E-state index contributed by atoms with van der Waals surface area (Å²) < 4.78 is 2.16. The second-order valence-electron chi connectivity index (χ2n) is 5.04. The molecule has 9 heteroatoms. The van der Waals surface area contributed by atoms with Crippen molar-refractivity contribution in [3.05, 3.63) is 11.1 Å². The molecule has 0 unspecified atom stereocenters. The molecule has 0 N–H and O–H groups in total. The number of aryl methyl sites for hydroxylation is 1. The van der Waals surface area contributed by atoms with Crippen molar-refractivity contribution >= 4 is 29.3 Å². The van der Waals surface area contributed by atoms with Gasteiger partial charge >= 0.3 is 0 Å². The van der Waals surface area contributed by atoms with Crippen molar-refractivity contribution in [1.29, 1.82) is 0 Å². The molecule has 0 saturated heterocycles. The molecule has 0 radical (unpaired) electrons. The highest BCUT2D eigenvalue weighted by atomic mass is 35.5. The van der Waals surface area contributed by atoms with Crippen molar-refractivity contribution < 1.29 is 0 Å². The van der Waals surface area contributed by atoms with Crippen LogP contribution in [-0.2, 0) is 13.0 Å². The van der Waals surface area contributed by atoms with Gasteiger partial charge in [0.05, 0.1) is 0 Å². The van der Waals surface area contributed by atoms with E-state index in [9.17, 15) is 0 Å². The molecule has 7 nitrogen and oxygen atoms in total. The Hall–Kier alpha value is -1.41. The average molecular weight is 326 g/mol. The number of rotatable bonds is 3. The molecule has 2 aromatic heterocycles. The zero-order chi connectivity index (χ0) is 14.8. The van der Waals surface area contributed by atoms with E-state index >= 15 is 0 Å². The lowest BCUT2D eigenvalue weighted by atomic mass is 10.2. The molecule has 3 rings (SSSR count). The lowest BCUT2D eigenvalue weighted by molar-refractivity contribution is 0.590. The highest BCUT2D eigenvalue weighted by molar-refractivity contribution is 7.99. The molecule has 1 aliphatic rings. The van der Waals surface area contributed by atoms with Gasteiger partial charge in [0, 0.05) is 27.1 Å². The van der Waals surface area contributed by atoms with Crippen molar-refractivity contribution in [3.8, 4) is 0 Å². The first-order valence-electron chi connectivity index (χ1n) is 6.82. The molecule has 0 atom stereocenters. The molecular formula is C12H16ClN7S. The van der Waals surface area contributed by atoms with E-state index in [0.717, 1.165) is 30.4 Å². The first kappa shape index (κ1) is 14.5. The first-order chi connectivity index (χ1) is 10.1. The SMILES string of the molecule is CN(C)c1nc(Cl)nc(Sc2nnc3n2CCCCC3)n1. The van der Waals surface area contributed by atoms with E-state index in [2.05, 4.69) is 29.7 Å². The van der Waals surface area contributed by atoms with Crippen LogP contribution in [0.3, 0.4) is 0 Å². The maximum absolute atomic E-state index is 5.96. The van der Waals surface area contributed by atoms with Crippen molar-refractivity contribution in [1.82, 2.24) is 29.7 Å². The number of aromatic nitrogens is 6. The van der Waals surface area contributed by atoms with Crippen LogP contribution in [0.2, 0.25) is 5.28 Å². The Morgan fingerprint density at radius 1 is 1.10 bits per heavy atom. The van der Waals surface area contributed by atoms with E-state index in [4.69, 9.17) is 11.6 Å². The summed E-state index contributed by atoms with van der Waals surface area (Å²) in [5.41, 5.74) is 0. The van der Waals surface area contributed by atoms with Gasteiger partial charge in [-0.1, -0.05) is 6.42 Å². The summed E-state index contributed by atoms with van der Waals surface area (Å²) in [4.78, 5) is 14.4. The number of fused-ring (bicyclic) bond motifs is 1. The van der Waals surface area contributed by atoms with Gasteiger partial charge in [-0.2, -0.15) is 15.0 Å². The molecule has 0 aromatic carbocycles. The standard InChI is InChI=1S/C12H16ClN7S/c1-19(2)10-14-9(13)15-11(16-10)21-12-18-17-8-6-4-3-5-7-20(8)12/h3-7H2,1-2H3. The molecule has 0 spiro atoms. The van der Waals surface area contributed by atoms with Crippen molar-refractivity contribution in [2.45, 2.75) is 42.5 Å². The Morgan fingerprint density at radius 3 is 2.76 bits per heavy atom. The van der Waals surface area contributed by atoms with Crippen LogP contribution in [0.1, 0.15) is 25.1 Å². The van der Waals surface area contributed by atoms with E-state index in [0.29, 0.717) is 11.1 Å². The molecular weight excluding hydrogens is 310 g/mol. The number of halogens is 1. The van der Waals surface area contributed by atoms with E-state index in [1.807, 2.05) is 14.1 Å². The number of nitrogens with zero attached hydrogens (tertiary/aromatic N) is 7. The van der Waals surface area contributed by atoms with Crippen LogP contribution in [0.15, 0.2) is 10.3 Å². The van der Waals surface area contributed by atoms with E-state index in [1.54, 1.807) is 4.90 Å². The Labute approximate surface area is 132 Å². The van der Waals surface area contributed by atoms with Crippen molar-refractivity contribution in [3.63, 3.8) is 0 Å². The summed E-state index contributed by atoms with van der Waals surface area (Å²) in [7, 11) is 3.73. The Bertz CT molecular complexity index is 643. The summed E-state index contributed by atoms with van der Waals surface area (Å²) in [5, 5.41) is 10.1. The highest BCUT2D eigenvalue weighted by Crippen LogP contribution is 2.27. The van der Waals surface area contributed by atoms with E-state index < -0.39 is 0 Å². The normalized spacial score (nSPS) is 14.6. The highest BCUT2D eigenvalue weighted by Gasteiger charge is 2.17. The monoisotopic (exact) mass is 325 g/mol. The first-order valence-corrected chi connectivity index (χ1v) is 8.02. The van der Waals surface area contributed by atoms with Gasteiger partial charge in [-0.15, -0.1) is 10.2 Å². The van der Waals surface area contributed by atoms with Gasteiger partial charge in [-0.3, -0.25) is 0 Å². The number of hydrogen-bond acceptors (Lipinski definition) is 7. The number of anilines is 1. The smallest absolute Gasteiger partial charge is 0.230 e. The van der Waals surface area contributed by atoms with Gasteiger partial charge in [0.15, 0.2) is 5.16 Å². The Balaban J connectivity index is 1.89. The van der Waals surface area contributed by atoms with Crippen molar-refractivity contribution in [2.24, 2.45) is 0 Å². The van der Waals surface area contributed by atoms with Crippen LogP contribution in [0, 0.1) is 0 Å². The molecule has 3 heterocycles. The fourth-order valence-corrected chi connectivity index (χ4v) is 3.20. The lowest BCUT2D eigenvalue weighted by Gasteiger charge is -2.11. The second kappa shape index (κ2) is 6.15. The topological polar surface area (TPSA) is 72.6 Å². The molecule has 1 aliphatic heterocycles. The molecule has 2 aromatic rings. The minimum atomic E-state index is 0.187. The minimum absolute atomic E-state index is 0.187. The van der Waals surface area contributed by atoms with Gasteiger partial charge in [0.25, 0.3) is 0 Å². The number of hydrogen-bond donors (Lipinski definition) is 0. The summed E-state index contributed by atoms with van der Waals surface area (Å²) in [6.45, 7) is 0.948. The third-order valence-electron chi connectivity index (χ3n) is 3.23. The molecule has 0 saturated carbocycles. The Morgan fingerprint density at radius 2 is 1.95 bits per heavy atom. The zero-order valence-electron chi connectivity index (χ0n) is 12.0. The van der Waals surface area contributed by atoms with Gasteiger partial charge in [-0.25, -0.2) is 0 Å². The maximum atomic E-state index is 5.96. The van der Waals surface area contributed by atoms with E-state index in [1.165, 1.54) is 24.6 Å². The van der Waals surface area contributed by atoms with Crippen LogP contribution in [0.5, 0.6) is 0 Å². The van der Waals surface area contributed by atoms with E-state index in [-0.39, 0.29) is 5.28 Å². The average Bonchev–Trinajstić information content (AvgIpc) is 2.68. The second-order valence-corrected chi connectivity index (χ2v) is 6.32. The Kier molecular flexibility index (Phi) is 4.25. The van der Waals surface area contributed by atoms with Gasteiger partial charge in [0.2, 0.25) is 16.4 Å². The third-order valence-corrected chi connectivity index (χ3v) is 4.25. The molecule has 0 amide bonds. The van der Waals surface area contributed by atoms with Crippen LogP contribution < -0.4 is 4.90 Å². The summed E-state index contributed by atoms with van der Waals surface area (Å²) in [5.74, 6) is 1.58. The van der Waals surface area contributed by atoms with Gasteiger partial charge in [-0.05, 0) is 36.2 Å². The van der Waals surface area contributed by atoms with Crippen LogP contribution in [0.4, 0.5) is 5.95 Å². The largest absolute Gasteiger partial charge is 0.347 e. The maximum Gasteiger partial charge on any atom is 0.230 e. The van der Waals surface area contributed by atoms with Crippen LogP contribution in [0.25, 0.3) is 0 Å². The van der Waals surface area contributed by atoms with Gasteiger partial charge in [0.1, 0.15) is 5.82 Å². The molecule has 0 aliphatic carbocycles. The summed E-state index contributed by atoms with van der Waals surface area (Å²) in [6.07, 6.45) is 4.54. The minimum Gasteiger partial charge on any atom is -0.347 e. The summed E-state index contributed by atoms with van der Waals surface area (Å²) >= 11 is 7.34. The van der Waals surface area contributed by atoms with Crippen LogP contribution >= 0.6 is 23.4 Å².